The summed E-state index contributed by atoms with van der Waals surface area (Å²) in [7, 11) is 0. The largest absolute Gasteiger partial charge is 0.481 e. The summed E-state index contributed by atoms with van der Waals surface area (Å²) in [6, 6.07) is -0.141. The molecule has 6 heteroatoms. The maximum atomic E-state index is 11.9. The minimum absolute atomic E-state index is 0.141. The number of amides is 2. The van der Waals surface area contributed by atoms with E-state index in [9.17, 15) is 9.59 Å². The van der Waals surface area contributed by atoms with Gasteiger partial charge in [-0.25, -0.2) is 4.79 Å². The molecule has 110 valence electrons. The number of aliphatic carboxylic acids is 1. The van der Waals surface area contributed by atoms with Gasteiger partial charge in [0.05, 0.1) is 5.92 Å². The summed E-state index contributed by atoms with van der Waals surface area (Å²) in [6.07, 6.45) is 1.43. The van der Waals surface area contributed by atoms with Gasteiger partial charge in [0.15, 0.2) is 0 Å². The van der Waals surface area contributed by atoms with E-state index in [4.69, 9.17) is 5.11 Å². The molecule has 1 saturated heterocycles. The highest BCUT2D eigenvalue weighted by molar-refractivity contribution is 5.76. The van der Waals surface area contributed by atoms with Crippen molar-refractivity contribution >= 4 is 12.0 Å². The van der Waals surface area contributed by atoms with Crippen LogP contribution in [0.4, 0.5) is 4.79 Å². The molecule has 0 aromatic rings. The third-order valence-corrected chi connectivity index (χ3v) is 3.66. The zero-order valence-electron chi connectivity index (χ0n) is 11.9. The quantitative estimate of drug-likeness (QED) is 0.750. The standard InChI is InChI=1S/C13H25N3O3/c1-3-15(4-2)9-7-14-13(19)16-8-5-6-11(10-16)12(17)18/h11H,3-10H2,1-2H3,(H,14,19)(H,17,18)/t11-/m0/s1. The number of hydrogen-bond donors (Lipinski definition) is 2. The molecule has 0 saturated carbocycles. The number of carboxylic acid groups (broad SMARTS) is 1. The Balaban J connectivity index is 2.31. The van der Waals surface area contributed by atoms with Crippen molar-refractivity contribution in [1.29, 1.82) is 0 Å². The van der Waals surface area contributed by atoms with Crippen LogP contribution in [0.3, 0.4) is 0 Å². The summed E-state index contributed by atoms with van der Waals surface area (Å²) in [5, 5.41) is 11.8. The van der Waals surface area contributed by atoms with Gasteiger partial charge in [-0.2, -0.15) is 0 Å². The average Bonchev–Trinajstić information content (AvgIpc) is 2.43. The van der Waals surface area contributed by atoms with Crippen molar-refractivity contribution in [3.8, 4) is 0 Å². The van der Waals surface area contributed by atoms with E-state index in [-0.39, 0.29) is 6.03 Å². The molecule has 2 N–H and O–H groups in total. The van der Waals surface area contributed by atoms with Crippen molar-refractivity contribution in [2.24, 2.45) is 5.92 Å². The normalized spacial score (nSPS) is 19.5. The molecule has 0 spiro atoms. The smallest absolute Gasteiger partial charge is 0.317 e. The molecule has 0 aliphatic carbocycles. The molecular formula is C13H25N3O3. The van der Waals surface area contributed by atoms with Gasteiger partial charge in [0.2, 0.25) is 0 Å². The lowest BCUT2D eigenvalue weighted by Crippen LogP contribution is -2.48. The molecule has 0 unspecified atom stereocenters. The second kappa shape index (κ2) is 7.99. The highest BCUT2D eigenvalue weighted by Gasteiger charge is 2.27. The summed E-state index contributed by atoms with van der Waals surface area (Å²) in [5.74, 6) is -1.22. The summed E-state index contributed by atoms with van der Waals surface area (Å²) in [5.41, 5.74) is 0. The van der Waals surface area contributed by atoms with Crippen LogP contribution in [0.1, 0.15) is 26.7 Å². The predicted molar refractivity (Wildman–Crippen MR) is 73.1 cm³/mol. The van der Waals surface area contributed by atoms with Gasteiger partial charge in [0, 0.05) is 26.2 Å². The Morgan fingerprint density at radius 1 is 1.37 bits per heavy atom. The number of likely N-dealkylation sites (N-methyl/N-ethyl adjacent to an activating group) is 1. The number of hydrogen-bond acceptors (Lipinski definition) is 3. The van der Waals surface area contributed by atoms with E-state index >= 15 is 0 Å². The molecule has 2 amide bonds. The summed E-state index contributed by atoms with van der Waals surface area (Å²) < 4.78 is 0. The zero-order valence-corrected chi connectivity index (χ0v) is 11.9. The maximum Gasteiger partial charge on any atom is 0.317 e. The number of carbonyl (C=O) groups excluding carboxylic acids is 1. The van der Waals surface area contributed by atoms with Crippen LogP contribution in [-0.2, 0) is 4.79 Å². The van der Waals surface area contributed by atoms with Crippen LogP contribution in [-0.4, -0.2) is 66.2 Å². The number of carboxylic acids is 1. The Labute approximate surface area is 114 Å². The van der Waals surface area contributed by atoms with Crippen LogP contribution >= 0.6 is 0 Å². The molecule has 19 heavy (non-hydrogen) atoms. The van der Waals surface area contributed by atoms with Gasteiger partial charge < -0.3 is 20.2 Å². The van der Waals surface area contributed by atoms with Gasteiger partial charge in [0.1, 0.15) is 0 Å². The summed E-state index contributed by atoms with van der Waals surface area (Å²) in [6.45, 7) is 8.53. The first-order valence-electron chi connectivity index (χ1n) is 7.06. The molecule has 0 aromatic carbocycles. The van der Waals surface area contributed by atoms with Crippen molar-refractivity contribution in [3.63, 3.8) is 0 Å². The summed E-state index contributed by atoms with van der Waals surface area (Å²) >= 11 is 0. The minimum Gasteiger partial charge on any atom is -0.481 e. The Morgan fingerprint density at radius 2 is 2.05 bits per heavy atom. The van der Waals surface area contributed by atoms with Crippen molar-refractivity contribution in [2.45, 2.75) is 26.7 Å². The van der Waals surface area contributed by atoms with Gasteiger partial charge in [-0.3, -0.25) is 4.79 Å². The fourth-order valence-corrected chi connectivity index (χ4v) is 2.34. The van der Waals surface area contributed by atoms with Crippen molar-refractivity contribution in [2.75, 3.05) is 39.3 Å². The van der Waals surface area contributed by atoms with E-state index in [0.717, 1.165) is 26.1 Å². The Bertz CT molecular complexity index is 306. The first-order valence-corrected chi connectivity index (χ1v) is 7.06. The van der Waals surface area contributed by atoms with Crippen LogP contribution in [0.2, 0.25) is 0 Å². The van der Waals surface area contributed by atoms with E-state index in [0.29, 0.717) is 26.1 Å². The van der Waals surface area contributed by atoms with Crippen molar-refractivity contribution < 1.29 is 14.7 Å². The highest BCUT2D eigenvalue weighted by atomic mass is 16.4. The summed E-state index contributed by atoms with van der Waals surface area (Å²) in [4.78, 5) is 26.7. The number of rotatable bonds is 6. The fraction of sp³-hybridized carbons (Fsp3) is 0.846. The number of urea groups is 1. The lowest BCUT2D eigenvalue weighted by atomic mass is 9.99. The van der Waals surface area contributed by atoms with E-state index in [2.05, 4.69) is 24.1 Å². The lowest BCUT2D eigenvalue weighted by Gasteiger charge is -2.31. The number of piperidine rings is 1. The van der Waals surface area contributed by atoms with Gasteiger partial charge in [0.25, 0.3) is 0 Å². The number of nitrogens with zero attached hydrogens (tertiary/aromatic N) is 2. The molecule has 1 aliphatic rings. The molecule has 0 aromatic heterocycles. The third-order valence-electron chi connectivity index (χ3n) is 3.66. The van der Waals surface area contributed by atoms with E-state index in [1.807, 2.05) is 0 Å². The molecule has 1 atom stereocenters. The van der Waals surface area contributed by atoms with Crippen LogP contribution in [0.15, 0.2) is 0 Å². The highest BCUT2D eigenvalue weighted by Crippen LogP contribution is 2.16. The molecule has 1 aliphatic heterocycles. The Morgan fingerprint density at radius 3 is 2.63 bits per heavy atom. The van der Waals surface area contributed by atoms with Crippen molar-refractivity contribution in [1.82, 2.24) is 15.1 Å². The van der Waals surface area contributed by atoms with E-state index in [1.54, 1.807) is 4.90 Å². The number of nitrogens with one attached hydrogen (secondary N) is 1. The average molecular weight is 271 g/mol. The third kappa shape index (κ3) is 5.06. The van der Waals surface area contributed by atoms with Gasteiger partial charge in [-0.15, -0.1) is 0 Å². The maximum absolute atomic E-state index is 11.9. The molecular weight excluding hydrogens is 246 g/mol. The van der Waals surface area contributed by atoms with Gasteiger partial charge in [-0.1, -0.05) is 13.8 Å². The lowest BCUT2D eigenvalue weighted by molar-refractivity contribution is -0.143. The van der Waals surface area contributed by atoms with Gasteiger partial charge >= 0.3 is 12.0 Å². The van der Waals surface area contributed by atoms with E-state index in [1.165, 1.54) is 0 Å². The molecule has 1 heterocycles. The molecule has 6 nitrogen and oxygen atoms in total. The van der Waals surface area contributed by atoms with Crippen molar-refractivity contribution in [3.05, 3.63) is 0 Å². The topological polar surface area (TPSA) is 72.9 Å². The van der Waals surface area contributed by atoms with Crippen LogP contribution in [0.5, 0.6) is 0 Å². The Kier molecular flexibility index (Phi) is 6.62. The van der Waals surface area contributed by atoms with Crippen LogP contribution in [0, 0.1) is 5.92 Å². The molecule has 1 fully saturated rings. The SMILES string of the molecule is CCN(CC)CCNC(=O)N1CCC[C@H](C(=O)O)C1. The van der Waals surface area contributed by atoms with Crippen LogP contribution in [0.25, 0.3) is 0 Å². The zero-order chi connectivity index (χ0) is 14.3. The number of likely N-dealkylation sites (tertiary alicyclic amines) is 1. The minimum atomic E-state index is -0.805. The van der Waals surface area contributed by atoms with Crippen LogP contribution < -0.4 is 5.32 Å². The number of carbonyl (C=O) groups is 2. The first-order chi connectivity index (χ1) is 9.08. The Hall–Kier alpha value is -1.30. The first kappa shape index (κ1) is 15.8. The van der Waals surface area contributed by atoms with E-state index < -0.39 is 11.9 Å². The van der Waals surface area contributed by atoms with Gasteiger partial charge in [-0.05, 0) is 25.9 Å². The molecule has 0 radical (unpaired) electrons. The monoisotopic (exact) mass is 271 g/mol. The molecule has 0 bridgehead atoms. The predicted octanol–water partition coefficient (Wildman–Crippen LogP) is 0.834. The second-order valence-corrected chi connectivity index (χ2v) is 4.88. The fourth-order valence-electron chi connectivity index (χ4n) is 2.34. The molecule has 1 rings (SSSR count). The second-order valence-electron chi connectivity index (χ2n) is 4.88.